The number of piperazine rings is 1. The summed E-state index contributed by atoms with van der Waals surface area (Å²) in [6.45, 7) is 7.06. The number of aromatic amines is 2. The van der Waals surface area contributed by atoms with Crippen molar-refractivity contribution in [3.05, 3.63) is 77.9 Å². The molecule has 0 unspecified atom stereocenters. The number of rotatable bonds is 6. The van der Waals surface area contributed by atoms with Gasteiger partial charge in [-0.2, -0.15) is 15.1 Å². The number of H-pyrrole nitrogens is 2. The van der Waals surface area contributed by atoms with Gasteiger partial charge >= 0.3 is 6.01 Å². The van der Waals surface area contributed by atoms with Crippen LogP contribution in [0.2, 0.25) is 0 Å². The topological polar surface area (TPSA) is 98.0 Å². The van der Waals surface area contributed by atoms with Gasteiger partial charge in [-0.25, -0.2) is 4.39 Å². The van der Waals surface area contributed by atoms with Gasteiger partial charge < -0.3 is 24.8 Å². The predicted octanol–water partition coefficient (Wildman–Crippen LogP) is 5.30. The highest BCUT2D eigenvalue weighted by atomic mass is 19.1. The molecule has 1 saturated heterocycles. The third-order valence-electron chi connectivity index (χ3n) is 6.42. The molecule has 6 rings (SSSR count). The lowest BCUT2D eigenvalue weighted by Gasteiger charge is -2.36. The highest BCUT2D eigenvalue weighted by Gasteiger charge is 2.21. The molecular formula is C27H27FN8O. The molecule has 2 aromatic carbocycles. The summed E-state index contributed by atoms with van der Waals surface area (Å²) in [5, 5.41) is 10.8. The van der Waals surface area contributed by atoms with E-state index in [9.17, 15) is 0 Å². The van der Waals surface area contributed by atoms with Crippen LogP contribution in [-0.2, 0) is 0 Å². The molecule has 4 heterocycles. The minimum absolute atomic E-state index is 0.0586. The minimum Gasteiger partial charge on any atom is -0.421 e. The standard InChI is InChI=1S/C27H27FN8O/c1-17-14-20-21(29-17)8-9-22(26(20)28)37-27-31-23(30-24-15-18(2)33-34-24)16-25(32-27)36-12-10-35(11-13-36)19-6-4-3-5-7-19/h3-9,14-16,29H,10-13H2,1-2H3,(H2,30,31,32,33,34). The molecule has 3 aromatic heterocycles. The predicted molar refractivity (Wildman–Crippen MR) is 143 cm³/mol. The Kier molecular flexibility index (Phi) is 5.84. The highest BCUT2D eigenvalue weighted by molar-refractivity contribution is 5.82. The fraction of sp³-hybridized carbons (Fsp3) is 0.222. The van der Waals surface area contributed by atoms with Crippen LogP contribution in [0.4, 0.5) is 27.5 Å². The third kappa shape index (κ3) is 4.77. The monoisotopic (exact) mass is 498 g/mol. The molecule has 1 aliphatic rings. The van der Waals surface area contributed by atoms with Gasteiger partial charge in [0.1, 0.15) is 11.6 Å². The maximum Gasteiger partial charge on any atom is 0.326 e. The number of nitrogens with one attached hydrogen (secondary N) is 3. The van der Waals surface area contributed by atoms with E-state index in [0.29, 0.717) is 28.4 Å². The molecule has 0 aliphatic carbocycles. The van der Waals surface area contributed by atoms with Crippen molar-refractivity contribution >= 4 is 34.0 Å². The number of fused-ring (bicyclic) bond motifs is 1. The second-order valence-corrected chi connectivity index (χ2v) is 9.16. The summed E-state index contributed by atoms with van der Waals surface area (Å²) in [5.41, 5.74) is 3.71. The second-order valence-electron chi connectivity index (χ2n) is 9.16. The van der Waals surface area contributed by atoms with Crippen LogP contribution in [0.1, 0.15) is 11.4 Å². The first-order chi connectivity index (χ1) is 18.0. The van der Waals surface area contributed by atoms with Gasteiger partial charge in [0.15, 0.2) is 17.4 Å². The number of ether oxygens (including phenoxy) is 1. The highest BCUT2D eigenvalue weighted by Crippen LogP contribution is 2.31. The van der Waals surface area contributed by atoms with Crippen molar-refractivity contribution in [3.63, 3.8) is 0 Å². The van der Waals surface area contributed by atoms with E-state index in [0.717, 1.165) is 37.6 Å². The second kappa shape index (κ2) is 9.45. The van der Waals surface area contributed by atoms with Crippen LogP contribution in [0.3, 0.4) is 0 Å². The van der Waals surface area contributed by atoms with Crippen LogP contribution in [0.5, 0.6) is 11.8 Å². The molecule has 1 aliphatic heterocycles. The van der Waals surface area contributed by atoms with Gasteiger partial charge in [-0.15, -0.1) is 0 Å². The Bertz CT molecular complexity index is 1540. The minimum atomic E-state index is -0.454. The zero-order valence-electron chi connectivity index (χ0n) is 20.6. The third-order valence-corrected chi connectivity index (χ3v) is 6.42. The van der Waals surface area contributed by atoms with Crippen molar-refractivity contribution < 1.29 is 9.13 Å². The zero-order valence-corrected chi connectivity index (χ0v) is 20.6. The number of para-hydroxylation sites is 1. The number of aryl methyl sites for hydroxylation is 2. The van der Waals surface area contributed by atoms with Crippen molar-refractivity contribution in [2.45, 2.75) is 13.8 Å². The fourth-order valence-electron chi connectivity index (χ4n) is 4.60. The van der Waals surface area contributed by atoms with E-state index < -0.39 is 5.82 Å². The molecule has 10 heteroatoms. The lowest BCUT2D eigenvalue weighted by atomic mass is 10.2. The van der Waals surface area contributed by atoms with Crippen LogP contribution in [-0.4, -0.2) is 51.3 Å². The molecule has 0 amide bonds. The van der Waals surface area contributed by atoms with Crippen molar-refractivity contribution in [2.75, 3.05) is 41.3 Å². The molecule has 0 bridgehead atoms. The lowest BCUT2D eigenvalue weighted by molar-refractivity contribution is 0.414. The Labute approximate surface area is 213 Å². The van der Waals surface area contributed by atoms with E-state index in [-0.39, 0.29) is 11.8 Å². The summed E-state index contributed by atoms with van der Waals surface area (Å²) in [6, 6.07) is 19.3. The van der Waals surface area contributed by atoms with Gasteiger partial charge in [-0.05, 0) is 44.2 Å². The van der Waals surface area contributed by atoms with E-state index in [1.54, 1.807) is 18.2 Å². The number of aromatic nitrogens is 5. The Morgan fingerprint density at radius 2 is 1.65 bits per heavy atom. The average Bonchev–Trinajstić information content (AvgIpc) is 3.51. The van der Waals surface area contributed by atoms with E-state index in [4.69, 9.17) is 4.74 Å². The Morgan fingerprint density at radius 3 is 2.41 bits per heavy atom. The molecular weight excluding hydrogens is 471 g/mol. The summed E-state index contributed by atoms with van der Waals surface area (Å²) in [6.07, 6.45) is 0. The Balaban J connectivity index is 1.29. The largest absolute Gasteiger partial charge is 0.421 e. The van der Waals surface area contributed by atoms with Gasteiger partial charge in [0.25, 0.3) is 0 Å². The summed E-state index contributed by atoms with van der Waals surface area (Å²) < 4.78 is 21.1. The first-order valence-corrected chi connectivity index (χ1v) is 12.2. The fourth-order valence-corrected chi connectivity index (χ4v) is 4.60. The van der Waals surface area contributed by atoms with E-state index >= 15 is 4.39 Å². The van der Waals surface area contributed by atoms with E-state index in [1.165, 1.54) is 5.69 Å². The van der Waals surface area contributed by atoms with E-state index in [2.05, 4.69) is 64.5 Å². The SMILES string of the molecule is Cc1cc(Nc2cc(N3CCN(c4ccccc4)CC3)nc(Oc3ccc4[nH]c(C)cc4c3F)n2)n[nH]1. The average molecular weight is 499 g/mol. The molecule has 0 spiro atoms. The summed E-state index contributed by atoms with van der Waals surface area (Å²) in [7, 11) is 0. The van der Waals surface area contributed by atoms with Crippen molar-refractivity contribution in [1.29, 1.82) is 0 Å². The molecule has 0 radical (unpaired) electrons. The molecule has 1 fully saturated rings. The lowest BCUT2D eigenvalue weighted by Crippen LogP contribution is -2.46. The number of halogens is 1. The van der Waals surface area contributed by atoms with Crippen molar-refractivity contribution in [3.8, 4) is 11.8 Å². The zero-order chi connectivity index (χ0) is 25.4. The molecule has 0 saturated carbocycles. The van der Waals surface area contributed by atoms with Crippen molar-refractivity contribution in [2.24, 2.45) is 0 Å². The first-order valence-electron chi connectivity index (χ1n) is 12.2. The summed E-state index contributed by atoms with van der Waals surface area (Å²) in [5.74, 6) is 1.45. The van der Waals surface area contributed by atoms with Crippen LogP contribution in [0, 0.1) is 19.7 Å². The van der Waals surface area contributed by atoms with Crippen LogP contribution < -0.4 is 19.9 Å². The van der Waals surface area contributed by atoms with Gasteiger partial charge in [0, 0.05) is 66.3 Å². The molecule has 37 heavy (non-hydrogen) atoms. The quantitative estimate of drug-likeness (QED) is 0.292. The maximum absolute atomic E-state index is 15.2. The number of hydrogen-bond donors (Lipinski definition) is 3. The first kappa shape index (κ1) is 22.8. The van der Waals surface area contributed by atoms with Crippen LogP contribution >= 0.6 is 0 Å². The molecule has 9 nitrogen and oxygen atoms in total. The summed E-state index contributed by atoms with van der Waals surface area (Å²) >= 11 is 0. The van der Waals surface area contributed by atoms with Crippen LogP contribution in [0.15, 0.2) is 60.7 Å². The molecule has 5 aromatic rings. The number of hydrogen-bond acceptors (Lipinski definition) is 7. The smallest absolute Gasteiger partial charge is 0.326 e. The maximum atomic E-state index is 15.2. The molecule has 0 atom stereocenters. The molecule has 188 valence electrons. The number of nitrogens with zero attached hydrogens (tertiary/aromatic N) is 5. The normalized spacial score (nSPS) is 13.8. The summed E-state index contributed by atoms with van der Waals surface area (Å²) in [4.78, 5) is 16.8. The Hall–Kier alpha value is -4.60. The van der Waals surface area contributed by atoms with Gasteiger partial charge in [-0.1, -0.05) is 18.2 Å². The van der Waals surface area contributed by atoms with Gasteiger partial charge in [-0.3, -0.25) is 5.10 Å². The van der Waals surface area contributed by atoms with Gasteiger partial charge in [0.05, 0.1) is 0 Å². The Morgan fingerprint density at radius 1 is 0.865 bits per heavy atom. The number of benzene rings is 2. The van der Waals surface area contributed by atoms with Gasteiger partial charge in [0.2, 0.25) is 0 Å². The van der Waals surface area contributed by atoms with Crippen LogP contribution in [0.25, 0.3) is 10.9 Å². The van der Waals surface area contributed by atoms with E-state index in [1.807, 2.05) is 32.0 Å². The molecule has 3 N–H and O–H groups in total. The van der Waals surface area contributed by atoms with Crippen molar-refractivity contribution in [1.82, 2.24) is 25.1 Å². The number of anilines is 4.